The van der Waals surface area contributed by atoms with E-state index in [0.717, 1.165) is 6.42 Å². The van der Waals surface area contributed by atoms with Gasteiger partial charge in [0.05, 0.1) is 8.07 Å². The van der Waals surface area contributed by atoms with Crippen molar-refractivity contribution in [1.82, 2.24) is 0 Å². The third-order valence-corrected chi connectivity index (χ3v) is 2.15. The second-order valence-electron chi connectivity index (χ2n) is 3.28. The second-order valence-corrected chi connectivity index (χ2v) is 8.35. The average molecular weight is 144 g/mol. The van der Waals surface area contributed by atoms with Crippen molar-refractivity contribution in [2.45, 2.75) is 26.1 Å². The molecule has 0 heterocycles. The molecule has 0 aromatic heterocycles. The predicted molar refractivity (Wildman–Crippen MR) is 44.2 cm³/mol. The van der Waals surface area contributed by atoms with E-state index in [2.05, 4.69) is 31.4 Å². The Morgan fingerprint density at radius 3 is 2.22 bits per heavy atom. The van der Waals surface area contributed by atoms with Crippen molar-refractivity contribution >= 4 is 8.07 Å². The molecular weight excluding hydrogens is 128 g/mol. The van der Waals surface area contributed by atoms with E-state index in [1.54, 1.807) is 0 Å². The molecule has 0 spiro atoms. The molecular formula is C7H16OSi. The third-order valence-electron chi connectivity index (χ3n) is 0.914. The van der Waals surface area contributed by atoms with E-state index in [1.807, 2.05) is 0 Å². The Balaban J connectivity index is 3.45. The number of hydrogen-bond donors (Lipinski definition) is 1. The molecule has 0 amide bonds. The summed E-state index contributed by atoms with van der Waals surface area (Å²) in [6.07, 6.45) is 2.89. The van der Waals surface area contributed by atoms with Crippen LogP contribution in [0.3, 0.4) is 0 Å². The van der Waals surface area contributed by atoms with E-state index in [9.17, 15) is 0 Å². The smallest absolute Gasteiger partial charge is 0.0682 e. The van der Waals surface area contributed by atoms with Crippen molar-refractivity contribution in [3.05, 3.63) is 11.8 Å². The fraction of sp³-hybridized carbons (Fsp3) is 0.714. The highest BCUT2D eigenvalue weighted by molar-refractivity contribution is 6.80. The van der Waals surface area contributed by atoms with Crippen molar-refractivity contribution in [2.24, 2.45) is 0 Å². The lowest BCUT2D eigenvalue weighted by molar-refractivity contribution is 0.302. The molecule has 0 aliphatic heterocycles. The maximum absolute atomic E-state index is 8.43. The van der Waals surface area contributed by atoms with Gasteiger partial charge >= 0.3 is 0 Å². The molecule has 0 atom stereocenters. The van der Waals surface area contributed by atoms with E-state index in [4.69, 9.17) is 5.11 Å². The molecule has 1 nitrogen and oxygen atoms in total. The fourth-order valence-corrected chi connectivity index (χ4v) is 1.39. The second kappa shape index (κ2) is 3.85. The normalized spacial score (nSPS) is 12.9. The molecule has 2 heteroatoms. The highest BCUT2D eigenvalue weighted by atomic mass is 28.3. The maximum Gasteiger partial charge on any atom is 0.0682 e. The zero-order valence-electron chi connectivity index (χ0n) is 6.52. The summed E-state index contributed by atoms with van der Waals surface area (Å²) in [6.45, 7) is 7.11. The Morgan fingerprint density at radius 1 is 1.33 bits per heavy atom. The Hall–Kier alpha value is -0.0831. The Labute approximate surface area is 58.4 Å². The molecule has 0 radical (unpaired) electrons. The summed E-state index contributed by atoms with van der Waals surface area (Å²) < 4.78 is 0. The molecule has 0 saturated carbocycles. The van der Waals surface area contributed by atoms with Gasteiger partial charge in [0.15, 0.2) is 0 Å². The first-order valence-corrected chi connectivity index (χ1v) is 6.92. The number of rotatable bonds is 3. The first-order valence-electron chi connectivity index (χ1n) is 3.35. The highest BCUT2D eigenvalue weighted by Crippen LogP contribution is 2.01. The summed E-state index contributed by atoms with van der Waals surface area (Å²) in [5, 5.41) is 8.43. The van der Waals surface area contributed by atoms with Gasteiger partial charge in [-0.15, -0.1) is 0 Å². The number of aliphatic hydroxyl groups is 1. The van der Waals surface area contributed by atoms with Crippen LogP contribution < -0.4 is 0 Å². The van der Waals surface area contributed by atoms with Gasteiger partial charge in [0.2, 0.25) is 0 Å². The van der Waals surface area contributed by atoms with Gasteiger partial charge in [0.25, 0.3) is 0 Å². The Morgan fingerprint density at radius 2 is 1.89 bits per heavy atom. The van der Waals surface area contributed by atoms with Crippen LogP contribution in [0.2, 0.25) is 19.6 Å². The molecule has 0 unspecified atom stereocenters. The minimum Gasteiger partial charge on any atom is -0.396 e. The van der Waals surface area contributed by atoms with E-state index >= 15 is 0 Å². The van der Waals surface area contributed by atoms with Crippen molar-refractivity contribution in [1.29, 1.82) is 0 Å². The van der Waals surface area contributed by atoms with Crippen LogP contribution in [0.4, 0.5) is 0 Å². The monoisotopic (exact) mass is 144 g/mol. The van der Waals surface area contributed by atoms with Crippen LogP contribution >= 0.6 is 0 Å². The van der Waals surface area contributed by atoms with Gasteiger partial charge in [-0.25, -0.2) is 0 Å². The van der Waals surface area contributed by atoms with Crippen LogP contribution in [0.5, 0.6) is 0 Å². The molecule has 1 N–H and O–H groups in total. The quantitative estimate of drug-likeness (QED) is 0.599. The maximum atomic E-state index is 8.43. The first kappa shape index (κ1) is 8.92. The molecule has 0 aliphatic rings. The third kappa shape index (κ3) is 7.92. The molecule has 0 saturated heterocycles. The van der Waals surface area contributed by atoms with Gasteiger partial charge in [-0.05, 0) is 6.42 Å². The van der Waals surface area contributed by atoms with E-state index in [0.29, 0.717) is 0 Å². The van der Waals surface area contributed by atoms with Crippen LogP contribution in [0.25, 0.3) is 0 Å². The molecule has 9 heavy (non-hydrogen) atoms. The molecule has 0 aromatic carbocycles. The molecule has 0 rings (SSSR count). The minimum atomic E-state index is -0.986. The van der Waals surface area contributed by atoms with Gasteiger partial charge in [-0.1, -0.05) is 31.4 Å². The van der Waals surface area contributed by atoms with Crippen LogP contribution in [0, 0.1) is 0 Å². The minimum absolute atomic E-state index is 0.279. The van der Waals surface area contributed by atoms with Gasteiger partial charge in [0.1, 0.15) is 0 Å². The summed E-state index contributed by atoms with van der Waals surface area (Å²) in [5.41, 5.74) is 2.25. The topological polar surface area (TPSA) is 20.2 Å². The summed E-state index contributed by atoms with van der Waals surface area (Å²) in [6, 6.07) is 0. The molecule has 0 aromatic rings. The summed E-state index contributed by atoms with van der Waals surface area (Å²) in [7, 11) is -0.986. The van der Waals surface area contributed by atoms with Gasteiger partial charge in [-0.2, -0.15) is 0 Å². The zero-order chi connectivity index (χ0) is 7.33. The lowest BCUT2D eigenvalue weighted by Crippen LogP contribution is -2.15. The van der Waals surface area contributed by atoms with Crippen LogP contribution in [-0.4, -0.2) is 19.8 Å². The van der Waals surface area contributed by atoms with Crippen molar-refractivity contribution in [2.75, 3.05) is 6.61 Å². The highest BCUT2D eigenvalue weighted by Gasteiger charge is 2.05. The Kier molecular flexibility index (Phi) is 3.82. The predicted octanol–water partition coefficient (Wildman–Crippen LogP) is 1.80. The first-order chi connectivity index (χ1) is 4.06. The summed E-state index contributed by atoms with van der Waals surface area (Å²) in [4.78, 5) is 0. The molecule has 0 aliphatic carbocycles. The summed E-state index contributed by atoms with van der Waals surface area (Å²) in [5.74, 6) is 0. The summed E-state index contributed by atoms with van der Waals surface area (Å²) >= 11 is 0. The van der Waals surface area contributed by atoms with Crippen LogP contribution in [0.1, 0.15) is 6.42 Å². The molecule has 0 bridgehead atoms. The van der Waals surface area contributed by atoms with Crippen molar-refractivity contribution in [3.63, 3.8) is 0 Å². The SMILES string of the molecule is C[Si](C)(C)/C=C/CCO. The molecule has 0 fully saturated rings. The Bertz CT molecular complexity index is 91.6. The van der Waals surface area contributed by atoms with E-state index in [1.165, 1.54) is 0 Å². The largest absolute Gasteiger partial charge is 0.396 e. The lowest BCUT2D eigenvalue weighted by atomic mass is 10.5. The number of hydrogen-bond acceptors (Lipinski definition) is 1. The van der Waals surface area contributed by atoms with Crippen LogP contribution in [-0.2, 0) is 0 Å². The number of aliphatic hydroxyl groups excluding tert-OH is 1. The van der Waals surface area contributed by atoms with Gasteiger partial charge in [0, 0.05) is 6.61 Å². The van der Waals surface area contributed by atoms with Crippen molar-refractivity contribution in [3.8, 4) is 0 Å². The lowest BCUT2D eigenvalue weighted by Gasteiger charge is -2.07. The van der Waals surface area contributed by atoms with Gasteiger partial charge < -0.3 is 5.11 Å². The van der Waals surface area contributed by atoms with Crippen LogP contribution in [0.15, 0.2) is 11.8 Å². The average Bonchev–Trinajstić information content (AvgIpc) is 1.63. The van der Waals surface area contributed by atoms with Crippen molar-refractivity contribution < 1.29 is 5.11 Å². The zero-order valence-corrected chi connectivity index (χ0v) is 7.52. The van der Waals surface area contributed by atoms with E-state index in [-0.39, 0.29) is 6.61 Å². The van der Waals surface area contributed by atoms with E-state index < -0.39 is 8.07 Å². The fourth-order valence-electron chi connectivity index (χ4n) is 0.511. The van der Waals surface area contributed by atoms with Gasteiger partial charge in [-0.3, -0.25) is 0 Å². The standard InChI is InChI=1S/C7H16OSi/c1-9(2,3)7-5-4-6-8/h5,7-8H,4,6H2,1-3H3/b7-5+. The molecule has 54 valence electrons.